The first-order valence-corrected chi connectivity index (χ1v) is 10.1. The predicted molar refractivity (Wildman–Crippen MR) is 117 cm³/mol. The van der Waals surface area contributed by atoms with E-state index in [0.717, 1.165) is 6.07 Å². The molecule has 0 atom stereocenters. The number of esters is 1. The molecular weight excluding hydrogens is 442 g/mol. The summed E-state index contributed by atoms with van der Waals surface area (Å²) < 4.78 is 21.2. The van der Waals surface area contributed by atoms with Gasteiger partial charge in [-0.05, 0) is 43.3 Å². The van der Waals surface area contributed by atoms with Crippen molar-refractivity contribution in [2.75, 3.05) is 6.61 Å². The number of rotatable bonds is 5. The normalized spacial score (nSPS) is 11.0. The molecule has 0 spiro atoms. The number of carbonyl (C=O) groups is 2. The topological polar surface area (TPSA) is 61.2 Å². The molecule has 0 bridgehead atoms. The smallest absolute Gasteiger partial charge is 0.338 e. The highest BCUT2D eigenvalue weighted by Gasteiger charge is 2.24. The van der Waals surface area contributed by atoms with E-state index in [4.69, 9.17) is 27.9 Å². The number of benzene rings is 3. The van der Waals surface area contributed by atoms with Crippen molar-refractivity contribution < 1.29 is 18.7 Å². The van der Waals surface area contributed by atoms with Crippen molar-refractivity contribution in [2.45, 2.75) is 6.92 Å². The highest BCUT2D eigenvalue weighted by atomic mass is 35.5. The van der Waals surface area contributed by atoms with Gasteiger partial charge in [0.05, 0.1) is 33.3 Å². The van der Waals surface area contributed by atoms with Gasteiger partial charge >= 0.3 is 5.97 Å². The Morgan fingerprint density at radius 2 is 1.74 bits per heavy atom. The third-order valence-corrected chi connectivity index (χ3v) is 5.31. The van der Waals surface area contributed by atoms with E-state index in [1.807, 2.05) is 0 Å². The molecule has 0 saturated carbocycles. The molecule has 0 amide bonds. The van der Waals surface area contributed by atoms with Crippen molar-refractivity contribution >= 4 is 45.9 Å². The molecular formula is C23H15Cl2FN2O3. The van der Waals surface area contributed by atoms with Crippen molar-refractivity contribution in [3.63, 3.8) is 0 Å². The van der Waals surface area contributed by atoms with Gasteiger partial charge in [0.1, 0.15) is 17.2 Å². The van der Waals surface area contributed by atoms with E-state index < -0.39 is 17.6 Å². The Morgan fingerprint density at radius 1 is 1.03 bits per heavy atom. The lowest BCUT2D eigenvalue weighted by Crippen LogP contribution is -2.08. The molecule has 5 nitrogen and oxygen atoms in total. The van der Waals surface area contributed by atoms with Gasteiger partial charge in [0.15, 0.2) is 0 Å². The van der Waals surface area contributed by atoms with Crippen LogP contribution >= 0.6 is 23.2 Å². The van der Waals surface area contributed by atoms with Gasteiger partial charge in [-0.15, -0.1) is 0 Å². The summed E-state index contributed by atoms with van der Waals surface area (Å²) in [6.07, 6.45) is 0. The minimum Gasteiger partial charge on any atom is -0.462 e. The molecule has 0 N–H and O–H groups in total. The van der Waals surface area contributed by atoms with E-state index in [2.05, 4.69) is 5.10 Å². The van der Waals surface area contributed by atoms with Crippen LogP contribution in [0.25, 0.3) is 16.6 Å². The highest BCUT2D eigenvalue weighted by Crippen LogP contribution is 2.30. The number of nitrogens with zero attached hydrogens (tertiary/aromatic N) is 2. The molecule has 4 rings (SSSR count). The fourth-order valence-corrected chi connectivity index (χ4v) is 3.84. The fraction of sp³-hybridized carbons (Fsp3) is 0.0870. The zero-order valence-electron chi connectivity index (χ0n) is 16.2. The van der Waals surface area contributed by atoms with Crippen LogP contribution in [0.4, 0.5) is 4.39 Å². The monoisotopic (exact) mass is 456 g/mol. The molecule has 1 heterocycles. The van der Waals surface area contributed by atoms with Crippen molar-refractivity contribution in [3.05, 3.63) is 93.3 Å². The summed E-state index contributed by atoms with van der Waals surface area (Å²) in [6, 6.07) is 15.6. The third-order valence-electron chi connectivity index (χ3n) is 4.68. The largest absolute Gasteiger partial charge is 0.462 e. The quantitative estimate of drug-likeness (QED) is 0.278. The second-order valence-corrected chi connectivity index (χ2v) is 7.40. The van der Waals surface area contributed by atoms with Gasteiger partial charge in [0.25, 0.3) is 0 Å². The number of halogens is 3. The molecule has 156 valence electrons. The maximum atomic E-state index is 14.9. The molecule has 0 aliphatic carbocycles. The number of ether oxygens (including phenoxy) is 1. The minimum absolute atomic E-state index is 0.0774. The lowest BCUT2D eigenvalue weighted by molar-refractivity contribution is 0.0525. The van der Waals surface area contributed by atoms with Gasteiger partial charge in [0.2, 0.25) is 5.78 Å². The van der Waals surface area contributed by atoms with Crippen LogP contribution in [0.15, 0.2) is 60.7 Å². The van der Waals surface area contributed by atoms with Gasteiger partial charge in [0, 0.05) is 5.39 Å². The first kappa shape index (κ1) is 21.0. The van der Waals surface area contributed by atoms with E-state index >= 15 is 0 Å². The number of fused-ring (bicyclic) bond motifs is 1. The average molecular weight is 457 g/mol. The SMILES string of the molecule is CCOC(=O)c1ccc(-n2nc(C(=O)c3c(Cl)cccc3Cl)c3ccccc32)c(F)c1. The van der Waals surface area contributed by atoms with Gasteiger partial charge in [-0.2, -0.15) is 5.10 Å². The summed E-state index contributed by atoms with van der Waals surface area (Å²) in [5, 5.41) is 5.29. The molecule has 0 aliphatic rings. The first-order chi connectivity index (χ1) is 14.9. The molecule has 0 radical (unpaired) electrons. The summed E-state index contributed by atoms with van der Waals surface area (Å²) in [4.78, 5) is 25.1. The van der Waals surface area contributed by atoms with Gasteiger partial charge < -0.3 is 4.74 Å². The maximum absolute atomic E-state index is 14.9. The molecule has 4 aromatic rings. The molecule has 1 aromatic heterocycles. The highest BCUT2D eigenvalue weighted by molar-refractivity contribution is 6.41. The van der Waals surface area contributed by atoms with Gasteiger partial charge in [-0.1, -0.05) is 47.5 Å². The van der Waals surface area contributed by atoms with Crippen LogP contribution in [0.2, 0.25) is 10.0 Å². The second-order valence-electron chi connectivity index (χ2n) is 6.59. The Bertz CT molecular complexity index is 1310. The van der Waals surface area contributed by atoms with Crippen LogP contribution in [0.1, 0.15) is 33.3 Å². The molecule has 3 aromatic carbocycles. The molecule has 0 fully saturated rings. The van der Waals surface area contributed by atoms with Crippen molar-refractivity contribution in [1.29, 1.82) is 0 Å². The Kier molecular flexibility index (Phi) is 5.76. The number of hydrogen-bond acceptors (Lipinski definition) is 4. The van der Waals surface area contributed by atoms with E-state index in [9.17, 15) is 14.0 Å². The van der Waals surface area contributed by atoms with Gasteiger partial charge in [-0.25, -0.2) is 13.9 Å². The first-order valence-electron chi connectivity index (χ1n) is 9.36. The van der Waals surface area contributed by atoms with E-state index in [-0.39, 0.29) is 39.2 Å². The van der Waals surface area contributed by atoms with Gasteiger partial charge in [-0.3, -0.25) is 4.79 Å². The third kappa shape index (κ3) is 3.80. The van der Waals surface area contributed by atoms with Crippen molar-refractivity contribution in [3.8, 4) is 5.69 Å². The summed E-state index contributed by atoms with van der Waals surface area (Å²) in [6.45, 7) is 1.85. The lowest BCUT2D eigenvalue weighted by Gasteiger charge is -2.07. The predicted octanol–water partition coefficient (Wildman–Crippen LogP) is 5.88. The number of hydrogen-bond donors (Lipinski definition) is 0. The van der Waals surface area contributed by atoms with Crippen LogP contribution in [0.5, 0.6) is 0 Å². The Hall–Kier alpha value is -3.22. The average Bonchev–Trinajstić information content (AvgIpc) is 3.13. The summed E-state index contributed by atoms with van der Waals surface area (Å²) in [7, 11) is 0. The zero-order valence-corrected chi connectivity index (χ0v) is 17.7. The van der Waals surface area contributed by atoms with E-state index in [1.54, 1.807) is 49.4 Å². The minimum atomic E-state index is -0.686. The number of ketones is 1. The number of aromatic nitrogens is 2. The maximum Gasteiger partial charge on any atom is 0.338 e. The zero-order chi connectivity index (χ0) is 22.1. The van der Waals surface area contributed by atoms with Crippen LogP contribution in [0, 0.1) is 5.82 Å². The standard InChI is InChI=1S/C23H15Cl2FN2O3/c1-2-31-23(30)13-10-11-19(17(26)12-13)28-18-9-4-3-6-14(18)21(27-28)22(29)20-15(24)7-5-8-16(20)25/h3-12H,2H2,1H3. The molecule has 0 unspecified atom stereocenters. The van der Waals surface area contributed by atoms with Crippen molar-refractivity contribution in [1.82, 2.24) is 9.78 Å². The number of carbonyl (C=O) groups excluding carboxylic acids is 2. The fourth-order valence-electron chi connectivity index (χ4n) is 3.27. The molecule has 31 heavy (non-hydrogen) atoms. The van der Waals surface area contributed by atoms with Crippen LogP contribution < -0.4 is 0 Å². The lowest BCUT2D eigenvalue weighted by atomic mass is 10.1. The van der Waals surface area contributed by atoms with Crippen LogP contribution in [-0.2, 0) is 4.74 Å². The van der Waals surface area contributed by atoms with E-state index in [0.29, 0.717) is 10.9 Å². The van der Waals surface area contributed by atoms with Crippen LogP contribution in [-0.4, -0.2) is 28.1 Å². The van der Waals surface area contributed by atoms with Crippen molar-refractivity contribution in [2.24, 2.45) is 0 Å². The second kappa shape index (κ2) is 8.49. The Labute approximate surface area is 187 Å². The summed E-state index contributed by atoms with van der Waals surface area (Å²) in [5.74, 6) is -1.79. The van der Waals surface area contributed by atoms with Crippen LogP contribution in [0.3, 0.4) is 0 Å². The summed E-state index contributed by atoms with van der Waals surface area (Å²) in [5.41, 5.74) is 0.878. The Morgan fingerprint density at radius 3 is 2.42 bits per heavy atom. The Balaban J connectivity index is 1.87. The molecule has 0 saturated heterocycles. The summed E-state index contributed by atoms with van der Waals surface area (Å²) >= 11 is 12.4. The number of para-hydroxylation sites is 1. The molecule has 8 heteroatoms. The molecule has 0 aliphatic heterocycles. The van der Waals surface area contributed by atoms with E-state index in [1.165, 1.54) is 16.8 Å².